The van der Waals surface area contributed by atoms with Gasteiger partial charge in [0, 0.05) is 5.88 Å². The summed E-state index contributed by atoms with van der Waals surface area (Å²) in [6.45, 7) is 0. The third kappa shape index (κ3) is 2.54. The van der Waals surface area contributed by atoms with Crippen molar-refractivity contribution in [2.45, 2.75) is 6.42 Å². The summed E-state index contributed by atoms with van der Waals surface area (Å²) in [4.78, 5) is 8.77. The van der Waals surface area contributed by atoms with E-state index in [-0.39, 0.29) is 0 Å². The maximum atomic E-state index is 5.58. The Kier molecular flexibility index (Phi) is 3.30. The molecule has 0 aliphatic carbocycles. The van der Waals surface area contributed by atoms with Crippen LogP contribution in [0, 0.1) is 0 Å². The van der Waals surface area contributed by atoms with Crippen LogP contribution in [-0.4, -0.2) is 15.8 Å². The molecule has 0 aliphatic heterocycles. The number of nitrogens with zero attached hydrogens (tertiary/aromatic N) is 2. The SMILES string of the molecule is ClCCC=Cc1cnc2ccccc2n1. The Balaban J connectivity index is 2.30. The predicted molar refractivity (Wildman–Crippen MR) is 63.9 cm³/mol. The first-order valence-corrected chi connectivity index (χ1v) is 5.38. The zero-order chi connectivity index (χ0) is 10.5. The lowest BCUT2D eigenvalue weighted by Gasteiger charge is -1.96. The largest absolute Gasteiger partial charge is 0.252 e. The van der Waals surface area contributed by atoms with Gasteiger partial charge in [-0.25, -0.2) is 4.98 Å². The summed E-state index contributed by atoms with van der Waals surface area (Å²) in [6, 6.07) is 7.83. The first-order chi connectivity index (χ1) is 7.40. The van der Waals surface area contributed by atoms with E-state index in [1.807, 2.05) is 36.4 Å². The molecule has 0 bridgehead atoms. The van der Waals surface area contributed by atoms with Crippen LogP contribution in [0.5, 0.6) is 0 Å². The van der Waals surface area contributed by atoms with Crippen LogP contribution in [0.25, 0.3) is 17.1 Å². The van der Waals surface area contributed by atoms with Crippen molar-refractivity contribution in [3.8, 4) is 0 Å². The highest BCUT2D eigenvalue weighted by Crippen LogP contribution is 2.09. The number of halogens is 1. The second-order valence-electron chi connectivity index (χ2n) is 3.16. The lowest BCUT2D eigenvalue weighted by Crippen LogP contribution is -1.86. The molecule has 0 saturated carbocycles. The fourth-order valence-electron chi connectivity index (χ4n) is 1.32. The number of hydrogen-bond acceptors (Lipinski definition) is 2. The van der Waals surface area contributed by atoms with Crippen LogP contribution < -0.4 is 0 Å². The van der Waals surface area contributed by atoms with Crippen molar-refractivity contribution in [1.82, 2.24) is 9.97 Å². The number of allylic oxidation sites excluding steroid dienone is 1. The molecule has 2 aromatic rings. The third-order valence-corrected chi connectivity index (χ3v) is 2.25. The summed E-state index contributed by atoms with van der Waals surface area (Å²) < 4.78 is 0. The first kappa shape index (κ1) is 10.1. The Morgan fingerprint density at radius 3 is 2.80 bits per heavy atom. The van der Waals surface area contributed by atoms with Crippen molar-refractivity contribution in [3.05, 3.63) is 42.2 Å². The Labute approximate surface area is 93.6 Å². The fourth-order valence-corrected chi connectivity index (χ4v) is 1.44. The lowest BCUT2D eigenvalue weighted by molar-refractivity contribution is 1.22. The quantitative estimate of drug-likeness (QED) is 0.739. The smallest absolute Gasteiger partial charge is 0.0894 e. The molecular formula is C12H11ClN2. The predicted octanol–water partition coefficient (Wildman–Crippen LogP) is 3.27. The molecule has 0 aliphatic rings. The van der Waals surface area contributed by atoms with Gasteiger partial charge in [0.1, 0.15) is 0 Å². The number of aromatic nitrogens is 2. The average Bonchev–Trinajstić information content (AvgIpc) is 2.29. The van der Waals surface area contributed by atoms with Crippen molar-refractivity contribution in [1.29, 1.82) is 0 Å². The lowest BCUT2D eigenvalue weighted by atomic mass is 10.3. The first-order valence-electron chi connectivity index (χ1n) is 4.84. The van der Waals surface area contributed by atoms with Gasteiger partial charge in [-0.3, -0.25) is 4.98 Å². The highest BCUT2D eigenvalue weighted by molar-refractivity contribution is 6.17. The summed E-state index contributed by atoms with van der Waals surface area (Å²) >= 11 is 5.58. The number of para-hydroxylation sites is 2. The van der Waals surface area contributed by atoms with Crippen molar-refractivity contribution >= 4 is 28.7 Å². The van der Waals surface area contributed by atoms with E-state index in [0.29, 0.717) is 5.88 Å². The van der Waals surface area contributed by atoms with Crippen LogP contribution in [0.3, 0.4) is 0 Å². The number of fused-ring (bicyclic) bond motifs is 1. The van der Waals surface area contributed by atoms with Gasteiger partial charge >= 0.3 is 0 Å². The summed E-state index contributed by atoms with van der Waals surface area (Å²) in [5.41, 5.74) is 2.72. The van der Waals surface area contributed by atoms with Crippen molar-refractivity contribution < 1.29 is 0 Å². The minimum Gasteiger partial charge on any atom is -0.252 e. The van der Waals surface area contributed by atoms with Gasteiger partial charge in [0.15, 0.2) is 0 Å². The number of hydrogen-bond donors (Lipinski definition) is 0. The van der Waals surface area contributed by atoms with Crippen LogP contribution in [0.2, 0.25) is 0 Å². The molecule has 0 amide bonds. The summed E-state index contributed by atoms with van der Waals surface area (Å²) in [7, 11) is 0. The molecule has 0 spiro atoms. The van der Waals surface area contributed by atoms with Crippen LogP contribution in [0.1, 0.15) is 12.1 Å². The number of benzene rings is 1. The zero-order valence-corrected chi connectivity index (χ0v) is 8.98. The molecule has 3 heteroatoms. The van der Waals surface area contributed by atoms with Crippen LogP contribution in [0.15, 0.2) is 36.5 Å². The van der Waals surface area contributed by atoms with Gasteiger partial charge in [-0.05, 0) is 24.6 Å². The zero-order valence-electron chi connectivity index (χ0n) is 8.23. The summed E-state index contributed by atoms with van der Waals surface area (Å²) in [6.07, 6.45) is 6.58. The van der Waals surface area contributed by atoms with E-state index < -0.39 is 0 Å². The molecule has 0 atom stereocenters. The van der Waals surface area contributed by atoms with E-state index in [1.54, 1.807) is 6.20 Å². The van der Waals surface area contributed by atoms with Crippen LogP contribution >= 0.6 is 11.6 Å². The number of rotatable bonds is 3. The molecule has 15 heavy (non-hydrogen) atoms. The topological polar surface area (TPSA) is 25.8 Å². The molecule has 1 aromatic heterocycles. The second kappa shape index (κ2) is 4.89. The number of alkyl halides is 1. The second-order valence-corrected chi connectivity index (χ2v) is 3.54. The molecule has 0 radical (unpaired) electrons. The molecule has 1 aromatic carbocycles. The van der Waals surface area contributed by atoms with Crippen molar-refractivity contribution in [2.75, 3.05) is 5.88 Å². The molecule has 0 fully saturated rings. The molecule has 0 saturated heterocycles. The van der Waals surface area contributed by atoms with E-state index in [9.17, 15) is 0 Å². The Hall–Kier alpha value is -1.41. The molecule has 76 valence electrons. The van der Waals surface area contributed by atoms with Gasteiger partial charge < -0.3 is 0 Å². The van der Waals surface area contributed by atoms with E-state index in [1.165, 1.54) is 0 Å². The van der Waals surface area contributed by atoms with E-state index >= 15 is 0 Å². The highest BCUT2D eigenvalue weighted by atomic mass is 35.5. The molecule has 0 N–H and O–H groups in total. The van der Waals surface area contributed by atoms with Gasteiger partial charge in [0.2, 0.25) is 0 Å². The normalized spacial score (nSPS) is 11.3. The fraction of sp³-hybridized carbons (Fsp3) is 0.167. The molecule has 1 heterocycles. The monoisotopic (exact) mass is 218 g/mol. The van der Waals surface area contributed by atoms with E-state index in [2.05, 4.69) is 9.97 Å². The van der Waals surface area contributed by atoms with Crippen LogP contribution in [0.4, 0.5) is 0 Å². The Bertz CT molecular complexity index is 480. The van der Waals surface area contributed by atoms with Gasteiger partial charge in [-0.2, -0.15) is 0 Å². The molecular weight excluding hydrogens is 208 g/mol. The average molecular weight is 219 g/mol. The molecule has 2 nitrogen and oxygen atoms in total. The van der Waals surface area contributed by atoms with Gasteiger partial charge in [0.25, 0.3) is 0 Å². The van der Waals surface area contributed by atoms with E-state index in [4.69, 9.17) is 11.6 Å². The van der Waals surface area contributed by atoms with Crippen molar-refractivity contribution in [3.63, 3.8) is 0 Å². The Morgan fingerprint density at radius 1 is 1.20 bits per heavy atom. The molecule has 2 rings (SSSR count). The van der Waals surface area contributed by atoms with Crippen LogP contribution in [-0.2, 0) is 0 Å². The maximum absolute atomic E-state index is 5.58. The minimum atomic E-state index is 0.636. The van der Waals surface area contributed by atoms with Gasteiger partial charge in [-0.15, -0.1) is 11.6 Å². The van der Waals surface area contributed by atoms with E-state index in [0.717, 1.165) is 23.1 Å². The summed E-state index contributed by atoms with van der Waals surface area (Å²) in [5.74, 6) is 0.636. The Morgan fingerprint density at radius 2 is 2.00 bits per heavy atom. The maximum Gasteiger partial charge on any atom is 0.0894 e. The van der Waals surface area contributed by atoms with Gasteiger partial charge in [-0.1, -0.05) is 18.2 Å². The highest BCUT2D eigenvalue weighted by Gasteiger charge is 1.94. The van der Waals surface area contributed by atoms with Gasteiger partial charge in [0.05, 0.1) is 22.9 Å². The summed E-state index contributed by atoms with van der Waals surface area (Å²) in [5, 5.41) is 0. The third-order valence-electron chi connectivity index (χ3n) is 2.03. The minimum absolute atomic E-state index is 0.636. The molecule has 0 unspecified atom stereocenters. The van der Waals surface area contributed by atoms with Crippen molar-refractivity contribution in [2.24, 2.45) is 0 Å². The standard InChI is InChI=1S/C12H11ClN2/c13-8-4-3-5-10-9-14-11-6-1-2-7-12(11)15-10/h1-3,5-7,9H,4,8H2.